The molecule has 0 amide bonds. The second kappa shape index (κ2) is 6.17. The van der Waals surface area contributed by atoms with E-state index in [-0.39, 0.29) is 5.56 Å². The van der Waals surface area contributed by atoms with E-state index in [1.54, 1.807) is 18.4 Å². The molecule has 0 N–H and O–H groups in total. The highest BCUT2D eigenvalue weighted by molar-refractivity contribution is 5.34. The zero-order chi connectivity index (χ0) is 13.7. The number of halogens is 1. The van der Waals surface area contributed by atoms with Gasteiger partial charge in [0, 0.05) is 12.1 Å². The summed E-state index contributed by atoms with van der Waals surface area (Å²) in [6, 6.07) is 10.5. The van der Waals surface area contributed by atoms with Crippen LogP contribution in [0.2, 0.25) is 0 Å². The zero-order valence-electron chi connectivity index (χ0n) is 10.8. The number of rotatable bonds is 5. The van der Waals surface area contributed by atoms with Crippen molar-refractivity contribution >= 4 is 0 Å². The predicted molar refractivity (Wildman–Crippen MR) is 69.6 cm³/mol. The maximum absolute atomic E-state index is 14.0. The molecule has 3 nitrogen and oxygen atoms in total. The van der Waals surface area contributed by atoms with Crippen LogP contribution in [0, 0.1) is 17.1 Å². The van der Waals surface area contributed by atoms with Crippen LogP contribution in [-0.4, -0.2) is 11.4 Å². The second-order valence-corrected chi connectivity index (χ2v) is 4.27. The molecule has 0 unspecified atom stereocenters. The third-order valence-electron chi connectivity index (χ3n) is 3.00. The number of nitriles is 1. The molecule has 19 heavy (non-hydrogen) atoms. The van der Waals surface area contributed by atoms with E-state index in [0.717, 1.165) is 12.3 Å². The van der Waals surface area contributed by atoms with Gasteiger partial charge in [-0.15, -0.1) is 0 Å². The minimum atomic E-state index is -0.428. The Balaban J connectivity index is 2.12. The van der Waals surface area contributed by atoms with Gasteiger partial charge in [-0.1, -0.05) is 19.1 Å². The van der Waals surface area contributed by atoms with Gasteiger partial charge in [-0.3, -0.25) is 4.90 Å². The molecule has 4 heteroatoms. The van der Waals surface area contributed by atoms with Gasteiger partial charge in [-0.25, -0.2) is 4.39 Å². The van der Waals surface area contributed by atoms with Gasteiger partial charge in [0.2, 0.25) is 0 Å². The van der Waals surface area contributed by atoms with Gasteiger partial charge in [0.1, 0.15) is 17.6 Å². The van der Waals surface area contributed by atoms with Crippen LogP contribution in [0.15, 0.2) is 41.0 Å². The van der Waals surface area contributed by atoms with Gasteiger partial charge < -0.3 is 4.42 Å². The number of nitrogens with zero attached hydrogens (tertiary/aromatic N) is 2. The lowest BCUT2D eigenvalue weighted by atomic mass is 10.1. The maximum atomic E-state index is 14.0. The van der Waals surface area contributed by atoms with Crippen molar-refractivity contribution in [2.45, 2.75) is 20.0 Å². The molecule has 0 aliphatic rings. The highest BCUT2D eigenvalue weighted by Gasteiger charge is 2.12. The Morgan fingerprint density at radius 2 is 2.11 bits per heavy atom. The van der Waals surface area contributed by atoms with Crippen LogP contribution in [0.1, 0.15) is 23.8 Å². The molecule has 98 valence electrons. The van der Waals surface area contributed by atoms with Crippen LogP contribution in [0.3, 0.4) is 0 Å². The lowest BCUT2D eigenvalue weighted by Crippen LogP contribution is -2.22. The molecule has 0 saturated heterocycles. The number of benzene rings is 1. The molecule has 1 aromatic heterocycles. The summed E-state index contributed by atoms with van der Waals surface area (Å²) in [7, 11) is 0. The van der Waals surface area contributed by atoms with E-state index in [4.69, 9.17) is 9.68 Å². The predicted octanol–water partition coefficient (Wildman–Crippen LogP) is 3.31. The third kappa shape index (κ3) is 3.21. The van der Waals surface area contributed by atoms with Gasteiger partial charge >= 0.3 is 0 Å². The van der Waals surface area contributed by atoms with Gasteiger partial charge in [-0.05, 0) is 24.7 Å². The molecule has 0 aliphatic carbocycles. The molecule has 0 spiro atoms. The molecule has 1 aromatic carbocycles. The molecule has 0 radical (unpaired) electrons. The first-order valence-corrected chi connectivity index (χ1v) is 6.16. The van der Waals surface area contributed by atoms with E-state index >= 15 is 0 Å². The average Bonchev–Trinajstić information content (AvgIpc) is 2.93. The first-order chi connectivity index (χ1) is 9.24. The molecule has 1 heterocycles. The van der Waals surface area contributed by atoms with Gasteiger partial charge in [0.25, 0.3) is 0 Å². The summed E-state index contributed by atoms with van der Waals surface area (Å²) >= 11 is 0. The van der Waals surface area contributed by atoms with Crippen LogP contribution in [0.4, 0.5) is 4.39 Å². The van der Waals surface area contributed by atoms with Crippen molar-refractivity contribution in [2.75, 3.05) is 6.54 Å². The fourth-order valence-electron chi connectivity index (χ4n) is 1.93. The topological polar surface area (TPSA) is 40.2 Å². The smallest absolute Gasteiger partial charge is 0.145 e. The lowest BCUT2D eigenvalue weighted by Gasteiger charge is -2.19. The fraction of sp³-hybridized carbons (Fsp3) is 0.267. The standard InChI is InChI=1S/C15H15FN2O/c1-2-18(11-14-7-4-8-19-14)10-13-6-3-5-12(9-17)15(13)16/h3-8H,2,10-11H2,1H3. The van der Waals surface area contributed by atoms with E-state index in [9.17, 15) is 4.39 Å². The highest BCUT2D eigenvalue weighted by Crippen LogP contribution is 2.16. The molecule has 0 atom stereocenters. The Bertz CT molecular complexity index is 572. The second-order valence-electron chi connectivity index (χ2n) is 4.27. The molecule has 2 aromatic rings. The largest absolute Gasteiger partial charge is 0.468 e. The van der Waals surface area contributed by atoms with E-state index in [1.807, 2.05) is 25.1 Å². The van der Waals surface area contributed by atoms with E-state index < -0.39 is 5.82 Å². The summed E-state index contributed by atoms with van der Waals surface area (Å²) in [6.07, 6.45) is 1.63. The summed E-state index contributed by atoms with van der Waals surface area (Å²) in [5, 5.41) is 8.82. The van der Waals surface area contributed by atoms with Gasteiger partial charge in [0.05, 0.1) is 18.4 Å². The molecule has 0 aliphatic heterocycles. The van der Waals surface area contributed by atoms with E-state index in [2.05, 4.69) is 4.90 Å². The molecular weight excluding hydrogens is 243 g/mol. The number of furan rings is 1. The summed E-state index contributed by atoms with van der Waals surface area (Å²) < 4.78 is 19.3. The molecule has 0 fully saturated rings. The van der Waals surface area contributed by atoms with Crippen LogP contribution in [0.25, 0.3) is 0 Å². The van der Waals surface area contributed by atoms with Crippen molar-refractivity contribution in [3.05, 3.63) is 59.3 Å². The molecule has 0 saturated carbocycles. The summed E-state index contributed by atoms with van der Waals surface area (Å²) in [4.78, 5) is 2.05. The quantitative estimate of drug-likeness (QED) is 0.826. The van der Waals surface area contributed by atoms with Crippen LogP contribution in [-0.2, 0) is 13.1 Å². The monoisotopic (exact) mass is 258 g/mol. The number of hydrogen-bond donors (Lipinski definition) is 0. The lowest BCUT2D eigenvalue weighted by molar-refractivity contribution is 0.244. The summed E-state index contributed by atoms with van der Waals surface area (Å²) in [6.45, 7) is 3.87. The Morgan fingerprint density at radius 1 is 1.26 bits per heavy atom. The first kappa shape index (κ1) is 13.3. The van der Waals surface area contributed by atoms with Gasteiger partial charge in [0.15, 0.2) is 0 Å². The van der Waals surface area contributed by atoms with Crippen molar-refractivity contribution in [2.24, 2.45) is 0 Å². The minimum Gasteiger partial charge on any atom is -0.468 e. The van der Waals surface area contributed by atoms with E-state index in [0.29, 0.717) is 18.7 Å². The normalized spacial score (nSPS) is 10.6. The molecule has 0 bridgehead atoms. The Morgan fingerprint density at radius 3 is 2.74 bits per heavy atom. The highest BCUT2D eigenvalue weighted by atomic mass is 19.1. The number of hydrogen-bond acceptors (Lipinski definition) is 3. The van der Waals surface area contributed by atoms with Crippen molar-refractivity contribution in [3.63, 3.8) is 0 Å². The van der Waals surface area contributed by atoms with Crippen molar-refractivity contribution < 1.29 is 8.81 Å². The van der Waals surface area contributed by atoms with Crippen LogP contribution in [0.5, 0.6) is 0 Å². The van der Waals surface area contributed by atoms with Crippen molar-refractivity contribution in [1.82, 2.24) is 4.90 Å². The average molecular weight is 258 g/mol. The van der Waals surface area contributed by atoms with Crippen LogP contribution < -0.4 is 0 Å². The summed E-state index contributed by atoms with van der Waals surface area (Å²) in [5.41, 5.74) is 0.624. The minimum absolute atomic E-state index is 0.0894. The summed E-state index contributed by atoms with van der Waals surface area (Å²) in [5.74, 6) is 0.418. The first-order valence-electron chi connectivity index (χ1n) is 6.16. The zero-order valence-corrected chi connectivity index (χ0v) is 10.8. The van der Waals surface area contributed by atoms with Crippen molar-refractivity contribution in [3.8, 4) is 6.07 Å². The van der Waals surface area contributed by atoms with Crippen LogP contribution >= 0.6 is 0 Å². The maximum Gasteiger partial charge on any atom is 0.145 e. The SMILES string of the molecule is CCN(Cc1ccco1)Cc1cccc(C#N)c1F. The molecule has 2 rings (SSSR count). The fourth-order valence-corrected chi connectivity index (χ4v) is 1.93. The molecular formula is C15H15FN2O. The Hall–Kier alpha value is -2.12. The van der Waals surface area contributed by atoms with E-state index in [1.165, 1.54) is 6.07 Å². The third-order valence-corrected chi connectivity index (χ3v) is 3.00. The van der Waals surface area contributed by atoms with Crippen molar-refractivity contribution in [1.29, 1.82) is 5.26 Å². The Labute approximate surface area is 111 Å². The van der Waals surface area contributed by atoms with Gasteiger partial charge in [-0.2, -0.15) is 5.26 Å². The Kier molecular flexibility index (Phi) is 4.32.